The molecule has 0 unspecified atom stereocenters. The summed E-state index contributed by atoms with van der Waals surface area (Å²) in [4.78, 5) is 18.3. The van der Waals surface area contributed by atoms with Crippen molar-refractivity contribution in [2.45, 2.75) is 12.5 Å². The second kappa shape index (κ2) is 5.38. The molecule has 1 saturated heterocycles. The summed E-state index contributed by atoms with van der Waals surface area (Å²) in [7, 11) is 0. The minimum atomic E-state index is 0.0533. The third-order valence-electron chi connectivity index (χ3n) is 3.66. The SMILES string of the molecule is O=C(Cn1cccn1)N1CC(c2nc(-c3ccsc3)no2)C1. The highest BCUT2D eigenvalue weighted by molar-refractivity contribution is 7.08. The zero-order chi connectivity index (χ0) is 14.9. The zero-order valence-corrected chi connectivity index (χ0v) is 12.4. The van der Waals surface area contributed by atoms with Gasteiger partial charge in [0.25, 0.3) is 0 Å². The third-order valence-corrected chi connectivity index (χ3v) is 4.34. The van der Waals surface area contributed by atoms with Gasteiger partial charge >= 0.3 is 0 Å². The number of carbonyl (C=O) groups is 1. The lowest BCUT2D eigenvalue weighted by Gasteiger charge is -2.37. The molecule has 1 amide bonds. The van der Waals surface area contributed by atoms with Crippen LogP contribution in [0.25, 0.3) is 11.4 Å². The largest absolute Gasteiger partial charge is 0.339 e. The minimum absolute atomic E-state index is 0.0533. The van der Waals surface area contributed by atoms with Crippen molar-refractivity contribution in [1.82, 2.24) is 24.8 Å². The van der Waals surface area contributed by atoms with E-state index < -0.39 is 0 Å². The van der Waals surface area contributed by atoms with Crippen LogP contribution in [0.2, 0.25) is 0 Å². The maximum absolute atomic E-state index is 12.1. The van der Waals surface area contributed by atoms with E-state index in [1.165, 1.54) is 0 Å². The standard InChI is InChI=1S/C14H13N5O2S/c20-12(8-19-4-1-3-15-19)18-6-11(7-18)14-16-13(17-21-14)10-2-5-22-9-10/h1-5,9,11H,6-8H2. The Kier molecular flexibility index (Phi) is 3.23. The second-order valence-electron chi connectivity index (χ2n) is 5.17. The number of carbonyl (C=O) groups excluding carboxylic acids is 1. The van der Waals surface area contributed by atoms with Gasteiger partial charge in [-0.2, -0.15) is 21.4 Å². The van der Waals surface area contributed by atoms with E-state index in [1.807, 2.05) is 16.8 Å². The fourth-order valence-corrected chi connectivity index (χ4v) is 3.02. The van der Waals surface area contributed by atoms with Gasteiger partial charge in [-0.25, -0.2) is 0 Å². The highest BCUT2D eigenvalue weighted by atomic mass is 32.1. The van der Waals surface area contributed by atoms with Crippen LogP contribution in [0.5, 0.6) is 0 Å². The summed E-state index contributed by atoms with van der Waals surface area (Å²) in [6.45, 7) is 1.50. The molecule has 0 atom stereocenters. The normalized spacial score (nSPS) is 15.0. The molecule has 0 spiro atoms. The van der Waals surface area contributed by atoms with Gasteiger partial charge < -0.3 is 9.42 Å². The van der Waals surface area contributed by atoms with Gasteiger partial charge in [0.2, 0.25) is 17.6 Å². The molecule has 4 heterocycles. The lowest BCUT2D eigenvalue weighted by molar-refractivity contribution is -0.136. The lowest BCUT2D eigenvalue weighted by Crippen LogP contribution is -2.49. The summed E-state index contributed by atoms with van der Waals surface area (Å²) in [5.74, 6) is 1.39. The van der Waals surface area contributed by atoms with E-state index in [0.717, 1.165) is 5.56 Å². The van der Waals surface area contributed by atoms with Crippen LogP contribution in [0.4, 0.5) is 0 Å². The molecule has 0 bridgehead atoms. The average molecular weight is 315 g/mol. The first-order valence-corrected chi connectivity index (χ1v) is 7.85. The molecule has 0 radical (unpaired) electrons. The number of likely N-dealkylation sites (tertiary alicyclic amines) is 1. The molecule has 1 fully saturated rings. The van der Waals surface area contributed by atoms with Crippen molar-refractivity contribution >= 4 is 17.2 Å². The molecule has 0 aliphatic carbocycles. The predicted molar refractivity (Wildman–Crippen MR) is 79.2 cm³/mol. The number of rotatable bonds is 4. The van der Waals surface area contributed by atoms with Crippen molar-refractivity contribution in [3.05, 3.63) is 41.2 Å². The predicted octanol–water partition coefficient (Wildman–Crippen LogP) is 1.62. The molecule has 0 aromatic carbocycles. The molecule has 7 nitrogen and oxygen atoms in total. The van der Waals surface area contributed by atoms with Crippen LogP contribution in [-0.4, -0.2) is 43.8 Å². The van der Waals surface area contributed by atoms with Gasteiger partial charge in [0.05, 0.1) is 5.92 Å². The van der Waals surface area contributed by atoms with E-state index in [2.05, 4.69) is 15.2 Å². The molecule has 1 aliphatic rings. The van der Waals surface area contributed by atoms with Crippen LogP contribution in [0.3, 0.4) is 0 Å². The van der Waals surface area contributed by atoms with Gasteiger partial charge in [-0.15, -0.1) is 0 Å². The van der Waals surface area contributed by atoms with Crippen molar-refractivity contribution < 1.29 is 9.32 Å². The maximum Gasteiger partial charge on any atom is 0.244 e. The van der Waals surface area contributed by atoms with Gasteiger partial charge in [0, 0.05) is 36.4 Å². The number of thiophene rings is 1. The Hall–Kier alpha value is -2.48. The summed E-state index contributed by atoms with van der Waals surface area (Å²) in [5, 5.41) is 12.0. The highest BCUT2D eigenvalue weighted by Crippen LogP contribution is 2.28. The van der Waals surface area contributed by atoms with Gasteiger partial charge in [-0.05, 0) is 17.5 Å². The van der Waals surface area contributed by atoms with Crippen molar-refractivity contribution in [2.75, 3.05) is 13.1 Å². The molecule has 8 heteroatoms. The van der Waals surface area contributed by atoms with Crippen molar-refractivity contribution in [3.63, 3.8) is 0 Å². The molecule has 112 valence electrons. The average Bonchev–Trinajstić information content (AvgIpc) is 3.19. The Morgan fingerprint density at radius 1 is 1.45 bits per heavy atom. The van der Waals surface area contributed by atoms with Crippen LogP contribution in [0, 0.1) is 0 Å². The Morgan fingerprint density at radius 2 is 2.36 bits per heavy atom. The molecule has 4 rings (SSSR count). The molecule has 3 aromatic rings. The number of amides is 1. The summed E-state index contributed by atoms with van der Waals surface area (Å²) < 4.78 is 6.94. The first kappa shape index (κ1) is 13.2. The van der Waals surface area contributed by atoms with Gasteiger partial charge in [0.1, 0.15) is 6.54 Å². The number of nitrogens with zero attached hydrogens (tertiary/aromatic N) is 5. The molecular formula is C14H13N5O2S. The van der Waals surface area contributed by atoms with E-state index in [-0.39, 0.29) is 18.4 Å². The van der Waals surface area contributed by atoms with E-state index in [9.17, 15) is 4.79 Å². The summed E-state index contributed by atoms with van der Waals surface area (Å²) in [6, 6.07) is 3.76. The van der Waals surface area contributed by atoms with E-state index in [0.29, 0.717) is 24.8 Å². The Labute approximate surface area is 130 Å². The number of aromatic nitrogens is 4. The van der Waals surface area contributed by atoms with E-state index >= 15 is 0 Å². The van der Waals surface area contributed by atoms with E-state index in [1.54, 1.807) is 39.4 Å². The maximum atomic E-state index is 12.1. The van der Waals surface area contributed by atoms with Crippen molar-refractivity contribution in [3.8, 4) is 11.4 Å². The number of hydrogen-bond acceptors (Lipinski definition) is 6. The smallest absolute Gasteiger partial charge is 0.244 e. The van der Waals surface area contributed by atoms with Crippen LogP contribution in [-0.2, 0) is 11.3 Å². The molecule has 0 N–H and O–H groups in total. The molecule has 0 saturated carbocycles. The van der Waals surface area contributed by atoms with Gasteiger partial charge in [0.15, 0.2) is 0 Å². The molecule has 1 aliphatic heterocycles. The highest BCUT2D eigenvalue weighted by Gasteiger charge is 2.35. The van der Waals surface area contributed by atoms with Crippen molar-refractivity contribution in [2.24, 2.45) is 0 Å². The Morgan fingerprint density at radius 3 is 3.09 bits per heavy atom. The van der Waals surface area contributed by atoms with Crippen molar-refractivity contribution in [1.29, 1.82) is 0 Å². The molecular weight excluding hydrogens is 302 g/mol. The Bertz CT molecular complexity index is 759. The zero-order valence-electron chi connectivity index (χ0n) is 11.6. The van der Waals surface area contributed by atoms with Crippen LogP contribution >= 0.6 is 11.3 Å². The Balaban J connectivity index is 1.36. The second-order valence-corrected chi connectivity index (χ2v) is 5.95. The third kappa shape index (κ3) is 2.41. The first-order valence-electron chi connectivity index (χ1n) is 6.91. The van der Waals surface area contributed by atoms with Crippen LogP contribution < -0.4 is 0 Å². The summed E-state index contributed by atoms with van der Waals surface area (Å²) >= 11 is 1.59. The summed E-state index contributed by atoms with van der Waals surface area (Å²) in [6.07, 6.45) is 3.44. The van der Waals surface area contributed by atoms with Crippen LogP contribution in [0.15, 0.2) is 39.8 Å². The van der Waals surface area contributed by atoms with E-state index in [4.69, 9.17) is 4.52 Å². The lowest BCUT2D eigenvalue weighted by atomic mass is 10.00. The topological polar surface area (TPSA) is 77.1 Å². The summed E-state index contributed by atoms with van der Waals surface area (Å²) in [5.41, 5.74) is 0.964. The molecule has 22 heavy (non-hydrogen) atoms. The fourth-order valence-electron chi connectivity index (χ4n) is 2.38. The van der Waals surface area contributed by atoms with Gasteiger partial charge in [-0.1, -0.05) is 5.16 Å². The quantitative estimate of drug-likeness (QED) is 0.731. The number of hydrogen-bond donors (Lipinski definition) is 0. The van der Waals surface area contributed by atoms with Gasteiger partial charge in [-0.3, -0.25) is 9.48 Å². The fraction of sp³-hybridized carbons (Fsp3) is 0.286. The molecule has 3 aromatic heterocycles. The van der Waals surface area contributed by atoms with Crippen LogP contribution in [0.1, 0.15) is 11.8 Å². The monoisotopic (exact) mass is 315 g/mol. The minimum Gasteiger partial charge on any atom is -0.339 e. The first-order chi connectivity index (χ1) is 10.8.